The molecule has 2 aromatic heterocycles. The fourth-order valence-electron chi connectivity index (χ4n) is 2.62. The summed E-state index contributed by atoms with van der Waals surface area (Å²) in [5.74, 6) is 1.59. The van der Waals surface area contributed by atoms with E-state index in [1.54, 1.807) is 25.4 Å². The SMILES string of the molecule is COc1ccc(-c2n[nH]c(-c3nccc4ccccc34)n2)c(O)c1. The van der Waals surface area contributed by atoms with Crippen LogP contribution in [0.2, 0.25) is 0 Å². The van der Waals surface area contributed by atoms with Crippen molar-refractivity contribution < 1.29 is 9.84 Å². The molecule has 0 aliphatic heterocycles. The van der Waals surface area contributed by atoms with Crippen LogP contribution >= 0.6 is 0 Å². The van der Waals surface area contributed by atoms with Crippen molar-refractivity contribution in [3.8, 4) is 34.4 Å². The van der Waals surface area contributed by atoms with E-state index in [0.717, 1.165) is 16.5 Å². The minimum Gasteiger partial charge on any atom is -0.507 e. The van der Waals surface area contributed by atoms with E-state index < -0.39 is 0 Å². The van der Waals surface area contributed by atoms with Gasteiger partial charge >= 0.3 is 0 Å². The summed E-state index contributed by atoms with van der Waals surface area (Å²) in [5.41, 5.74) is 1.25. The summed E-state index contributed by atoms with van der Waals surface area (Å²) in [4.78, 5) is 8.90. The maximum absolute atomic E-state index is 10.1. The minimum absolute atomic E-state index is 0.0609. The topological polar surface area (TPSA) is 83.9 Å². The maximum Gasteiger partial charge on any atom is 0.185 e. The van der Waals surface area contributed by atoms with Crippen LogP contribution < -0.4 is 4.74 Å². The van der Waals surface area contributed by atoms with Gasteiger partial charge in [0.1, 0.15) is 17.2 Å². The molecule has 0 saturated heterocycles. The summed E-state index contributed by atoms with van der Waals surface area (Å²) in [7, 11) is 1.55. The highest BCUT2D eigenvalue weighted by atomic mass is 16.5. The maximum atomic E-state index is 10.1. The number of benzene rings is 2. The number of H-pyrrole nitrogens is 1. The van der Waals surface area contributed by atoms with Crippen LogP contribution in [-0.4, -0.2) is 32.4 Å². The Hall–Kier alpha value is -3.41. The van der Waals surface area contributed by atoms with Crippen LogP contribution in [0.3, 0.4) is 0 Å². The van der Waals surface area contributed by atoms with E-state index in [0.29, 0.717) is 23.0 Å². The highest BCUT2D eigenvalue weighted by Crippen LogP contribution is 2.31. The number of methoxy groups -OCH3 is 1. The molecular formula is C18H14N4O2. The standard InChI is InChI=1S/C18H14N4O2/c1-24-12-6-7-14(15(23)10-12)17-20-18(22-21-17)16-13-5-3-2-4-11(13)8-9-19-16/h2-10,23H,1H3,(H,20,21,22). The van der Waals surface area contributed by atoms with Crippen LogP contribution in [0.25, 0.3) is 33.7 Å². The lowest BCUT2D eigenvalue weighted by atomic mass is 10.1. The fourth-order valence-corrected chi connectivity index (χ4v) is 2.62. The number of phenolic OH excluding ortho intramolecular Hbond substituents is 1. The molecule has 2 heterocycles. The Balaban J connectivity index is 1.80. The van der Waals surface area contributed by atoms with E-state index in [1.807, 2.05) is 30.3 Å². The third kappa shape index (κ3) is 2.34. The van der Waals surface area contributed by atoms with Gasteiger partial charge < -0.3 is 9.84 Å². The second-order valence-corrected chi connectivity index (χ2v) is 5.27. The quantitative estimate of drug-likeness (QED) is 0.605. The number of ether oxygens (including phenoxy) is 1. The van der Waals surface area contributed by atoms with Crippen LogP contribution in [0.1, 0.15) is 0 Å². The molecule has 0 aliphatic rings. The summed E-state index contributed by atoms with van der Waals surface area (Å²) in [6.07, 6.45) is 1.74. The van der Waals surface area contributed by atoms with Crippen molar-refractivity contribution >= 4 is 10.8 Å². The zero-order valence-corrected chi connectivity index (χ0v) is 12.9. The van der Waals surface area contributed by atoms with Gasteiger partial charge in [-0.1, -0.05) is 24.3 Å². The molecule has 0 unspecified atom stereocenters. The van der Waals surface area contributed by atoms with Gasteiger partial charge in [-0.2, -0.15) is 5.10 Å². The van der Waals surface area contributed by atoms with Gasteiger partial charge in [-0.15, -0.1) is 0 Å². The summed E-state index contributed by atoms with van der Waals surface area (Å²) >= 11 is 0. The van der Waals surface area contributed by atoms with E-state index in [-0.39, 0.29) is 5.75 Å². The molecule has 0 amide bonds. The van der Waals surface area contributed by atoms with E-state index in [9.17, 15) is 5.11 Å². The molecule has 0 atom stereocenters. The highest BCUT2D eigenvalue weighted by molar-refractivity contribution is 5.93. The summed E-state index contributed by atoms with van der Waals surface area (Å²) < 4.78 is 5.09. The molecule has 0 radical (unpaired) electrons. The number of nitrogens with one attached hydrogen (secondary N) is 1. The first-order valence-corrected chi connectivity index (χ1v) is 7.40. The van der Waals surface area contributed by atoms with Gasteiger partial charge in [-0.25, -0.2) is 4.98 Å². The summed E-state index contributed by atoms with van der Waals surface area (Å²) in [5, 5.41) is 19.3. The summed E-state index contributed by atoms with van der Waals surface area (Å²) in [6.45, 7) is 0. The van der Waals surface area contributed by atoms with E-state index in [4.69, 9.17) is 4.74 Å². The first kappa shape index (κ1) is 14.2. The predicted molar refractivity (Wildman–Crippen MR) is 90.8 cm³/mol. The molecule has 6 heteroatoms. The van der Waals surface area contributed by atoms with Gasteiger partial charge in [0.25, 0.3) is 0 Å². The molecule has 118 valence electrons. The van der Waals surface area contributed by atoms with Gasteiger partial charge in [0, 0.05) is 17.6 Å². The molecular weight excluding hydrogens is 304 g/mol. The first-order chi connectivity index (χ1) is 11.8. The number of hydrogen-bond acceptors (Lipinski definition) is 5. The van der Waals surface area contributed by atoms with Crippen molar-refractivity contribution in [2.24, 2.45) is 0 Å². The van der Waals surface area contributed by atoms with Crippen molar-refractivity contribution in [1.82, 2.24) is 20.2 Å². The monoisotopic (exact) mass is 318 g/mol. The lowest BCUT2D eigenvalue weighted by Gasteiger charge is -2.03. The zero-order valence-electron chi connectivity index (χ0n) is 12.9. The molecule has 2 aromatic carbocycles. The minimum atomic E-state index is 0.0609. The Morgan fingerprint density at radius 1 is 1.08 bits per heavy atom. The highest BCUT2D eigenvalue weighted by Gasteiger charge is 2.14. The summed E-state index contributed by atoms with van der Waals surface area (Å²) in [6, 6.07) is 14.9. The zero-order chi connectivity index (χ0) is 16.5. The predicted octanol–water partition coefficient (Wildman–Crippen LogP) is 3.40. The number of aromatic hydroxyl groups is 1. The van der Waals surface area contributed by atoms with Gasteiger partial charge in [0.05, 0.1) is 12.7 Å². The number of fused-ring (bicyclic) bond motifs is 1. The number of hydrogen-bond donors (Lipinski definition) is 2. The molecule has 24 heavy (non-hydrogen) atoms. The molecule has 4 rings (SSSR count). The van der Waals surface area contributed by atoms with Crippen LogP contribution in [-0.2, 0) is 0 Å². The second kappa shape index (κ2) is 5.66. The van der Waals surface area contributed by atoms with Gasteiger partial charge in [0.15, 0.2) is 11.6 Å². The van der Waals surface area contributed by atoms with Crippen LogP contribution in [0.15, 0.2) is 54.7 Å². The largest absolute Gasteiger partial charge is 0.507 e. The lowest BCUT2D eigenvalue weighted by Crippen LogP contribution is -1.88. The Bertz CT molecular complexity index is 1020. The Morgan fingerprint density at radius 2 is 1.96 bits per heavy atom. The van der Waals surface area contributed by atoms with E-state index >= 15 is 0 Å². The lowest BCUT2D eigenvalue weighted by molar-refractivity contribution is 0.408. The third-order valence-corrected chi connectivity index (χ3v) is 3.83. The van der Waals surface area contributed by atoms with Gasteiger partial charge in [0.2, 0.25) is 0 Å². The van der Waals surface area contributed by atoms with Crippen LogP contribution in [0, 0.1) is 0 Å². The number of aromatic nitrogens is 4. The molecule has 4 aromatic rings. The molecule has 0 aliphatic carbocycles. The first-order valence-electron chi connectivity index (χ1n) is 7.40. The van der Waals surface area contributed by atoms with Crippen molar-refractivity contribution in [3.63, 3.8) is 0 Å². The van der Waals surface area contributed by atoms with E-state index in [1.165, 1.54) is 6.07 Å². The third-order valence-electron chi connectivity index (χ3n) is 3.83. The number of nitrogens with zero attached hydrogens (tertiary/aromatic N) is 3. The van der Waals surface area contributed by atoms with Gasteiger partial charge in [-0.3, -0.25) is 10.1 Å². The molecule has 0 bridgehead atoms. The van der Waals surface area contributed by atoms with Crippen molar-refractivity contribution in [3.05, 3.63) is 54.7 Å². The average Bonchev–Trinajstić information content (AvgIpc) is 3.10. The van der Waals surface area contributed by atoms with Crippen molar-refractivity contribution in [1.29, 1.82) is 0 Å². The smallest absolute Gasteiger partial charge is 0.185 e. The fraction of sp³-hybridized carbons (Fsp3) is 0.0556. The van der Waals surface area contributed by atoms with Crippen molar-refractivity contribution in [2.75, 3.05) is 7.11 Å². The van der Waals surface area contributed by atoms with Crippen LogP contribution in [0.5, 0.6) is 11.5 Å². The number of phenols is 1. The Labute approximate surface area is 137 Å². The van der Waals surface area contributed by atoms with Crippen LogP contribution in [0.4, 0.5) is 0 Å². The normalized spacial score (nSPS) is 10.9. The number of rotatable bonds is 3. The number of pyridine rings is 1. The molecule has 0 fully saturated rings. The average molecular weight is 318 g/mol. The Morgan fingerprint density at radius 3 is 2.79 bits per heavy atom. The number of aromatic amines is 1. The molecule has 6 nitrogen and oxygen atoms in total. The molecule has 2 N–H and O–H groups in total. The second-order valence-electron chi connectivity index (χ2n) is 5.27. The molecule has 0 saturated carbocycles. The van der Waals surface area contributed by atoms with Crippen molar-refractivity contribution in [2.45, 2.75) is 0 Å². The Kier molecular flexibility index (Phi) is 3.35. The van der Waals surface area contributed by atoms with E-state index in [2.05, 4.69) is 20.2 Å². The molecule has 0 spiro atoms. The van der Waals surface area contributed by atoms with Gasteiger partial charge in [-0.05, 0) is 23.6 Å².